The van der Waals surface area contributed by atoms with E-state index in [1.165, 1.54) is 27.8 Å². The lowest BCUT2D eigenvalue weighted by Gasteiger charge is -2.20. The maximum Gasteiger partial charge on any atom is 0.0242 e. The molecule has 1 aromatic carbocycles. The van der Waals surface area contributed by atoms with Crippen LogP contribution in [-0.2, 0) is 0 Å². The van der Waals surface area contributed by atoms with Gasteiger partial charge in [0.2, 0.25) is 0 Å². The number of rotatable bonds is 7. The largest absolute Gasteiger partial charge is 0.108 e. The predicted molar refractivity (Wildman–Crippen MR) is 135 cm³/mol. The second-order valence-electron chi connectivity index (χ2n) is 8.12. The van der Waals surface area contributed by atoms with Crippen LogP contribution in [-0.4, -0.2) is 0 Å². The number of allylic oxidation sites excluding steroid dienone is 14. The fourth-order valence-corrected chi connectivity index (χ4v) is 3.28. The van der Waals surface area contributed by atoms with E-state index in [0.29, 0.717) is 0 Å². The Balaban J connectivity index is 2.40. The third-order valence-corrected chi connectivity index (χ3v) is 5.03. The van der Waals surface area contributed by atoms with Crippen LogP contribution in [0.2, 0.25) is 0 Å². The molecule has 0 aromatic heterocycles. The second kappa shape index (κ2) is 11.2. The van der Waals surface area contributed by atoms with Gasteiger partial charge in [0, 0.05) is 16.6 Å². The second-order valence-corrected chi connectivity index (χ2v) is 8.12. The Morgan fingerprint density at radius 1 is 0.967 bits per heavy atom. The van der Waals surface area contributed by atoms with Gasteiger partial charge in [-0.25, -0.2) is 0 Å². The molecule has 0 nitrogen and oxygen atoms in total. The summed E-state index contributed by atoms with van der Waals surface area (Å²) in [5, 5.41) is 0. The first-order valence-corrected chi connectivity index (χ1v) is 10.6. The molecule has 1 aliphatic carbocycles. The summed E-state index contributed by atoms with van der Waals surface area (Å²) in [4.78, 5) is 0. The van der Waals surface area contributed by atoms with Crippen molar-refractivity contribution in [3.05, 3.63) is 125 Å². The summed E-state index contributed by atoms with van der Waals surface area (Å²) < 4.78 is 0. The molecule has 0 saturated heterocycles. The van der Waals surface area contributed by atoms with Crippen LogP contribution in [0.5, 0.6) is 0 Å². The van der Waals surface area contributed by atoms with Gasteiger partial charge in [-0.2, -0.15) is 0 Å². The molecule has 0 saturated carbocycles. The number of aryl methyl sites for hydroxylation is 1. The molecule has 154 valence electrons. The molecular formula is C30H34. The van der Waals surface area contributed by atoms with Crippen LogP contribution in [0.25, 0.3) is 11.6 Å². The van der Waals surface area contributed by atoms with E-state index in [2.05, 4.69) is 125 Å². The first-order chi connectivity index (χ1) is 14.4. The van der Waals surface area contributed by atoms with Gasteiger partial charge in [-0.3, -0.25) is 0 Å². The Morgan fingerprint density at radius 2 is 1.73 bits per heavy atom. The smallest absolute Gasteiger partial charge is 0.0242 e. The molecular weight excluding hydrogens is 360 g/mol. The van der Waals surface area contributed by atoms with E-state index in [1.54, 1.807) is 0 Å². The Morgan fingerprint density at radius 3 is 2.43 bits per heavy atom. The van der Waals surface area contributed by atoms with Crippen molar-refractivity contribution in [3.63, 3.8) is 0 Å². The van der Waals surface area contributed by atoms with E-state index in [4.69, 9.17) is 0 Å². The van der Waals surface area contributed by atoms with Crippen molar-refractivity contribution in [2.24, 2.45) is 5.41 Å². The van der Waals surface area contributed by atoms with Crippen LogP contribution < -0.4 is 0 Å². The molecule has 0 heterocycles. The fraction of sp³-hybridized carbons (Fsp3) is 0.233. The van der Waals surface area contributed by atoms with Crippen LogP contribution in [0.3, 0.4) is 0 Å². The molecule has 0 fully saturated rings. The van der Waals surface area contributed by atoms with E-state index in [-0.39, 0.29) is 5.41 Å². The van der Waals surface area contributed by atoms with Crippen LogP contribution in [0.1, 0.15) is 51.3 Å². The zero-order chi connectivity index (χ0) is 22.0. The normalized spacial score (nSPS) is 15.6. The van der Waals surface area contributed by atoms with E-state index >= 15 is 0 Å². The highest BCUT2D eigenvalue weighted by Crippen LogP contribution is 2.32. The van der Waals surface area contributed by atoms with Gasteiger partial charge in [-0.15, -0.1) is 5.73 Å². The van der Waals surface area contributed by atoms with Gasteiger partial charge in [0.05, 0.1) is 0 Å². The molecule has 0 radical (unpaired) electrons. The SMILES string of the molecule is C/C=C\C=C/C(C)(C)C1=C=C(c2ccc(/C=C/C=C(C)\C=C/C)cc2C)C=CC=C1. The summed E-state index contributed by atoms with van der Waals surface area (Å²) in [6.45, 7) is 12.8. The molecule has 1 aromatic rings. The van der Waals surface area contributed by atoms with Crippen LogP contribution in [0.4, 0.5) is 0 Å². The zero-order valence-corrected chi connectivity index (χ0v) is 19.2. The standard InChI is InChI=1S/C30H34/c1-7-9-12-21-30(5,6)28-18-11-10-17-27(23-28)29-20-19-26(22-25(29)4)16-13-15-24(3)14-8-2/h7-22H,1-6H3/b9-7-,14-8-,16-13+,21-12-,24-15-. The number of benzene rings is 1. The number of hydrogen-bond donors (Lipinski definition) is 0. The van der Waals surface area contributed by atoms with Gasteiger partial charge < -0.3 is 0 Å². The highest BCUT2D eigenvalue weighted by atomic mass is 14.2. The van der Waals surface area contributed by atoms with Crippen molar-refractivity contribution < 1.29 is 0 Å². The van der Waals surface area contributed by atoms with Crippen molar-refractivity contribution in [2.45, 2.75) is 41.5 Å². The first kappa shape index (κ1) is 23.2. The molecule has 0 spiro atoms. The minimum Gasteiger partial charge on any atom is -0.108 e. The first-order valence-electron chi connectivity index (χ1n) is 10.6. The lowest BCUT2D eigenvalue weighted by molar-refractivity contribution is 0.596. The summed E-state index contributed by atoms with van der Waals surface area (Å²) in [5.41, 5.74) is 10.8. The minimum absolute atomic E-state index is 0.0962. The molecule has 0 unspecified atom stereocenters. The quantitative estimate of drug-likeness (QED) is 0.320. The van der Waals surface area contributed by atoms with Gasteiger partial charge in [-0.05, 0) is 50.5 Å². The highest BCUT2D eigenvalue weighted by molar-refractivity contribution is 5.78. The van der Waals surface area contributed by atoms with Crippen LogP contribution >= 0.6 is 0 Å². The zero-order valence-electron chi connectivity index (χ0n) is 19.2. The molecule has 2 rings (SSSR count). The third-order valence-electron chi connectivity index (χ3n) is 5.03. The van der Waals surface area contributed by atoms with E-state index < -0.39 is 0 Å². The lowest BCUT2D eigenvalue weighted by Crippen LogP contribution is -2.09. The Bertz CT molecular complexity index is 1020. The Kier molecular flexibility index (Phi) is 8.66. The number of hydrogen-bond acceptors (Lipinski definition) is 0. The third kappa shape index (κ3) is 6.76. The van der Waals surface area contributed by atoms with Crippen molar-refractivity contribution in [1.29, 1.82) is 0 Å². The summed E-state index contributed by atoms with van der Waals surface area (Å²) in [6, 6.07) is 6.62. The van der Waals surface area contributed by atoms with E-state index in [9.17, 15) is 0 Å². The molecule has 0 heteroatoms. The lowest BCUT2D eigenvalue weighted by atomic mass is 9.83. The van der Waals surface area contributed by atoms with Gasteiger partial charge in [0.25, 0.3) is 0 Å². The van der Waals surface area contributed by atoms with Crippen LogP contribution in [0, 0.1) is 12.3 Å². The highest BCUT2D eigenvalue weighted by Gasteiger charge is 2.18. The van der Waals surface area contributed by atoms with E-state index in [0.717, 1.165) is 5.57 Å². The molecule has 0 bridgehead atoms. The van der Waals surface area contributed by atoms with Gasteiger partial charge >= 0.3 is 0 Å². The van der Waals surface area contributed by atoms with Crippen molar-refractivity contribution in [1.82, 2.24) is 0 Å². The Labute approximate surface area is 183 Å². The average molecular weight is 395 g/mol. The summed E-state index contributed by atoms with van der Waals surface area (Å²) >= 11 is 0. The molecule has 0 N–H and O–H groups in total. The van der Waals surface area contributed by atoms with Crippen molar-refractivity contribution >= 4 is 11.6 Å². The summed E-state index contributed by atoms with van der Waals surface area (Å²) in [7, 11) is 0. The predicted octanol–water partition coefficient (Wildman–Crippen LogP) is 8.72. The molecule has 1 aliphatic rings. The maximum atomic E-state index is 3.68. The monoisotopic (exact) mass is 394 g/mol. The summed E-state index contributed by atoms with van der Waals surface area (Å²) in [6.07, 6.45) is 27.5. The van der Waals surface area contributed by atoms with Crippen molar-refractivity contribution in [2.75, 3.05) is 0 Å². The topological polar surface area (TPSA) is 0 Å². The molecule has 30 heavy (non-hydrogen) atoms. The maximum absolute atomic E-state index is 3.68. The Hall–Kier alpha value is -3.08. The van der Waals surface area contributed by atoms with Crippen molar-refractivity contribution in [3.8, 4) is 0 Å². The molecule has 0 atom stereocenters. The molecule has 0 amide bonds. The van der Waals surface area contributed by atoms with E-state index in [1.807, 2.05) is 19.9 Å². The van der Waals surface area contributed by atoms with Crippen LogP contribution in [0.15, 0.2) is 108 Å². The van der Waals surface area contributed by atoms with Gasteiger partial charge in [0.1, 0.15) is 0 Å². The minimum atomic E-state index is -0.0962. The average Bonchev–Trinajstić information content (AvgIpc) is 2.95. The van der Waals surface area contributed by atoms with Gasteiger partial charge in [-0.1, -0.05) is 111 Å². The summed E-state index contributed by atoms with van der Waals surface area (Å²) in [5.74, 6) is 0. The van der Waals surface area contributed by atoms with Gasteiger partial charge in [0.15, 0.2) is 0 Å². The molecule has 0 aliphatic heterocycles. The fourth-order valence-electron chi connectivity index (χ4n) is 3.28.